The van der Waals surface area contributed by atoms with E-state index in [-0.39, 0.29) is 25.0 Å². The zero-order valence-electron chi connectivity index (χ0n) is 34.2. The largest absolute Gasteiger partial charge is 0.489 e. The molecule has 0 atom stereocenters. The summed E-state index contributed by atoms with van der Waals surface area (Å²) in [4.78, 5) is 41.5. The van der Waals surface area contributed by atoms with Crippen molar-refractivity contribution >= 4 is 35.6 Å². The number of ketones is 1. The number of carbonyl (C=O) groups excluding carboxylic acids is 3. The molecule has 0 aliphatic carbocycles. The van der Waals surface area contributed by atoms with E-state index in [0.717, 1.165) is 68.0 Å². The quantitative estimate of drug-likeness (QED) is 0.0612. The Hall–Kier alpha value is -4.84. The molecule has 1 fully saturated rings. The fraction of sp³-hybridized carbons (Fsp3) is 0.419. The van der Waals surface area contributed by atoms with Crippen molar-refractivity contribution in [2.45, 2.75) is 67.5 Å². The Labute approximate surface area is 333 Å². The second-order valence-electron chi connectivity index (χ2n) is 12.7. The zero-order chi connectivity index (χ0) is 41.2. The van der Waals surface area contributed by atoms with Crippen LogP contribution in [-0.4, -0.2) is 103 Å². The van der Waals surface area contributed by atoms with Crippen LogP contribution in [0.4, 0.5) is 5.69 Å². The molecule has 2 aromatic carbocycles. The highest BCUT2D eigenvalue weighted by Crippen LogP contribution is 2.33. The van der Waals surface area contributed by atoms with Crippen molar-refractivity contribution in [3.05, 3.63) is 113 Å². The Morgan fingerprint density at radius 1 is 1.00 bits per heavy atom. The van der Waals surface area contributed by atoms with Crippen LogP contribution in [0.1, 0.15) is 65.2 Å². The van der Waals surface area contributed by atoms with Gasteiger partial charge in [0.2, 0.25) is 0 Å². The number of Topliss-reactive ketones (excluding diaryl/α,β-unsaturated/α-hetero) is 1. The number of rotatable bonds is 16. The number of piperazine rings is 1. The summed E-state index contributed by atoms with van der Waals surface area (Å²) in [6.07, 6.45) is 13.1. The smallest absolute Gasteiger partial charge is 0.186 e. The molecule has 0 bridgehead atoms. The van der Waals surface area contributed by atoms with E-state index < -0.39 is 0 Å². The monoisotopic (exact) mass is 776 g/mol. The number of hydrogen-bond acceptors (Lipinski definition) is 10. The SMILES string of the molecule is C=C/C=C\C(C=O)=C(C)C.CC.CC/C=C(\CN1CCN(C)CC1)N(C)c1cc(C(=O)Cn2nccn2)ccc1OC(C)C.O=CCOc1ccc(Cl)cc1. The summed E-state index contributed by atoms with van der Waals surface area (Å²) in [7, 11) is 4.23. The van der Waals surface area contributed by atoms with E-state index >= 15 is 0 Å². The average Bonchev–Trinajstić information content (AvgIpc) is 3.69. The van der Waals surface area contributed by atoms with Crippen molar-refractivity contribution in [3.8, 4) is 11.5 Å². The standard InChI is InChI=1S/C24H36N6O2.C9H12O.C8H7ClO2.C2H6/c1-6-7-21(17-29-14-12-27(4)13-15-29)28(5)22-16-20(8-9-24(22)32-19(2)3)23(31)18-30-25-10-11-26-30;1-4-5-6-9(7-10)8(2)3;9-7-1-3-8(4-2-7)11-6-5-10;1-2/h7-11,16,19H,6,12-15,17-18H2,1-5H3;4-7H,1H2,2-3H3;1-5H,6H2;1-2H3/b21-7+;6-5-;;. The molecule has 12 heteroatoms. The highest BCUT2D eigenvalue weighted by molar-refractivity contribution is 6.30. The van der Waals surface area contributed by atoms with Crippen LogP contribution in [0.15, 0.2) is 103 Å². The number of halogens is 1. The summed E-state index contributed by atoms with van der Waals surface area (Å²) in [5.74, 6) is 1.39. The van der Waals surface area contributed by atoms with Gasteiger partial charge in [-0.15, -0.1) is 0 Å². The Kier molecular flexibility index (Phi) is 24.3. The molecular weight excluding hydrogens is 716 g/mol. The van der Waals surface area contributed by atoms with Crippen molar-refractivity contribution < 1.29 is 23.9 Å². The van der Waals surface area contributed by atoms with E-state index in [2.05, 4.69) is 58.6 Å². The van der Waals surface area contributed by atoms with Gasteiger partial charge in [0.1, 0.15) is 30.9 Å². The number of ether oxygens (including phenoxy) is 2. The van der Waals surface area contributed by atoms with E-state index in [1.165, 1.54) is 10.5 Å². The Balaban J connectivity index is 0.000000535. The molecular formula is C43H61ClN6O5. The molecule has 1 aliphatic heterocycles. The number of nitrogens with zero attached hydrogens (tertiary/aromatic N) is 6. The van der Waals surface area contributed by atoms with Crippen LogP contribution in [0.3, 0.4) is 0 Å². The third kappa shape index (κ3) is 18.8. The second kappa shape index (κ2) is 27.7. The third-order valence-corrected chi connectivity index (χ3v) is 8.11. The lowest BCUT2D eigenvalue weighted by Gasteiger charge is -2.35. The molecule has 0 N–H and O–H groups in total. The molecule has 300 valence electrons. The molecule has 3 aromatic rings. The maximum Gasteiger partial charge on any atom is 0.186 e. The summed E-state index contributed by atoms with van der Waals surface area (Å²) >= 11 is 5.62. The highest BCUT2D eigenvalue weighted by Gasteiger charge is 2.21. The topological polar surface area (TPSA) is 110 Å². The van der Waals surface area contributed by atoms with E-state index in [9.17, 15) is 14.4 Å². The first-order chi connectivity index (χ1) is 26.4. The number of aldehydes is 2. The maximum atomic E-state index is 12.9. The molecule has 2 heterocycles. The summed E-state index contributed by atoms with van der Waals surface area (Å²) in [6, 6.07) is 12.5. The molecule has 55 heavy (non-hydrogen) atoms. The number of likely N-dealkylation sites (N-methyl/N-ethyl adjacent to an activating group) is 2. The van der Waals surface area contributed by atoms with Crippen LogP contribution < -0.4 is 14.4 Å². The molecule has 1 aliphatic rings. The molecule has 0 spiro atoms. The second-order valence-corrected chi connectivity index (χ2v) is 13.1. The van der Waals surface area contributed by atoms with Crippen molar-refractivity contribution in [1.29, 1.82) is 0 Å². The van der Waals surface area contributed by atoms with Crippen molar-refractivity contribution in [2.24, 2.45) is 0 Å². The zero-order valence-corrected chi connectivity index (χ0v) is 35.0. The van der Waals surface area contributed by atoms with Crippen molar-refractivity contribution in [2.75, 3.05) is 58.3 Å². The summed E-state index contributed by atoms with van der Waals surface area (Å²) in [5, 5.41) is 8.76. The highest BCUT2D eigenvalue weighted by atomic mass is 35.5. The van der Waals surface area contributed by atoms with E-state index in [1.54, 1.807) is 54.9 Å². The van der Waals surface area contributed by atoms with Crippen LogP contribution in [0.5, 0.6) is 11.5 Å². The molecule has 0 unspecified atom stereocenters. The van der Waals surface area contributed by atoms with Gasteiger partial charge in [-0.3, -0.25) is 19.3 Å². The molecule has 0 radical (unpaired) electrons. The van der Waals surface area contributed by atoms with Gasteiger partial charge in [-0.25, -0.2) is 0 Å². The number of carbonyl (C=O) groups is 3. The lowest BCUT2D eigenvalue weighted by molar-refractivity contribution is -0.109. The molecule has 1 saturated heterocycles. The van der Waals surface area contributed by atoms with Gasteiger partial charge in [-0.1, -0.05) is 68.8 Å². The number of aromatic nitrogens is 3. The first-order valence-electron chi connectivity index (χ1n) is 18.7. The van der Waals surface area contributed by atoms with Gasteiger partial charge < -0.3 is 19.3 Å². The normalized spacial score (nSPS) is 12.9. The summed E-state index contributed by atoms with van der Waals surface area (Å²) in [5.41, 5.74) is 4.47. The Bertz CT molecular complexity index is 1660. The summed E-state index contributed by atoms with van der Waals surface area (Å²) < 4.78 is 11.1. The number of anilines is 1. The predicted molar refractivity (Wildman–Crippen MR) is 225 cm³/mol. The van der Waals surface area contributed by atoms with Gasteiger partial charge >= 0.3 is 0 Å². The van der Waals surface area contributed by atoms with Gasteiger partial charge in [0, 0.05) is 61.6 Å². The maximum absolute atomic E-state index is 12.9. The first-order valence-corrected chi connectivity index (χ1v) is 19.0. The van der Waals surface area contributed by atoms with Crippen LogP contribution in [0.25, 0.3) is 0 Å². The van der Waals surface area contributed by atoms with Crippen LogP contribution >= 0.6 is 11.6 Å². The first kappa shape index (κ1) is 48.2. The Morgan fingerprint density at radius 3 is 2.16 bits per heavy atom. The van der Waals surface area contributed by atoms with Gasteiger partial charge in [-0.05, 0) is 83.6 Å². The minimum absolute atomic E-state index is 0.0352. The minimum atomic E-state index is -0.0352. The Morgan fingerprint density at radius 2 is 1.64 bits per heavy atom. The molecule has 0 saturated carbocycles. The van der Waals surface area contributed by atoms with E-state index in [1.807, 2.05) is 59.7 Å². The predicted octanol–water partition coefficient (Wildman–Crippen LogP) is 8.13. The van der Waals surface area contributed by atoms with Gasteiger partial charge in [0.25, 0.3) is 0 Å². The van der Waals surface area contributed by atoms with Crippen molar-refractivity contribution in [1.82, 2.24) is 24.8 Å². The number of hydrogen-bond donors (Lipinski definition) is 0. The van der Waals surface area contributed by atoms with Crippen LogP contribution in [-0.2, 0) is 16.1 Å². The third-order valence-electron chi connectivity index (χ3n) is 7.86. The fourth-order valence-electron chi connectivity index (χ4n) is 4.94. The molecule has 0 amide bonds. The van der Waals surface area contributed by atoms with Gasteiger partial charge in [-0.2, -0.15) is 15.0 Å². The van der Waals surface area contributed by atoms with E-state index in [4.69, 9.17) is 21.1 Å². The van der Waals surface area contributed by atoms with Gasteiger partial charge in [0.05, 0.1) is 24.2 Å². The number of benzene rings is 2. The molecule has 1 aromatic heterocycles. The average molecular weight is 777 g/mol. The fourth-order valence-corrected chi connectivity index (χ4v) is 5.07. The summed E-state index contributed by atoms with van der Waals surface area (Å²) in [6.45, 7) is 22.8. The van der Waals surface area contributed by atoms with Crippen LogP contribution in [0, 0.1) is 0 Å². The number of allylic oxidation sites excluding steroid dienone is 6. The molecule has 11 nitrogen and oxygen atoms in total. The van der Waals surface area contributed by atoms with Gasteiger partial charge in [0.15, 0.2) is 12.1 Å². The van der Waals surface area contributed by atoms with Crippen LogP contribution in [0.2, 0.25) is 5.02 Å². The molecule has 4 rings (SSSR count). The minimum Gasteiger partial charge on any atom is -0.489 e. The van der Waals surface area contributed by atoms with E-state index in [0.29, 0.717) is 22.6 Å². The van der Waals surface area contributed by atoms with Crippen molar-refractivity contribution in [3.63, 3.8) is 0 Å². The lowest BCUT2D eigenvalue weighted by atomic mass is 10.1. The lowest BCUT2D eigenvalue weighted by Crippen LogP contribution is -2.46.